The van der Waals surface area contributed by atoms with Gasteiger partial charge in [-0.25, -0.2) is 4.68 Å². The van der Waals surface area contributed by atoms with Gasteiger partial charge in [0.25, 0.3) is 0 Å². The summed E-state index contributed by atoms with van der Waals surface area (Å²) in [4.78, 5) is 2.62. The lowest BCUT2D eigenvalue weighted by atomic mass is 9.88. The van der Waals surface area contributed by atoms with Crippen molar-refractivity contribution >= 4 is 0 Å². The van der Waals surface area contributed by atoms with Crippen molar-refractivity contribution in [2.24, 2.45) is 11.8 Å². The Morgan fingerprint density at radius 3 is 2.64 bits per heavy atom. The molecule has 138 valence electrons. The second-order valence-corrected chi connectivity index (χ2v) is 8.14. The Kier molecular flexibility index (Phi) is 5.51. The van der Waals surface area contributed by atoms with Gasteiger partial charge in [-0.15, -0.1) is 11.7 Å². The monoisotopic (exact) mass is 344 g/mol. The van der Waals surface area contributed by atoms with E-state index in [0.717, 1.165) is 31.3 Å². The summed E-state index contributed by atoms with van der Waals surface area (Å²) in [5.41, 5.74) is 2.53. The molecule has 0 amide bonds. The number of hydrogen-bond donors (Lipinski definition) is 0. The maximum Gasteiger partial charge on any atom is 0.105 e. The van der Waals surface area contributed by atoms with Gasteiger partial charge < -0.3 is 4.74 Å². The van der Waals surface area contributed by atoms with Gasteiger partial charge in [-0.05, 0) is 37.5 Å². The average Bonchev–Trinajstić information content (AvgIpc) is 3.36. The summed E-state index contributed by atoms with van der Waals surface area (Å²) in [5.74, 6) is 1.68. The molecule has 1 aliphatic heterocycles. The summed E-state index contributed by atoms with van der Waals surface area (Å²) in [6, 6.07) is 0.263. The summed E-state index contributed by atoms with van der Waals surface area (Å²) < 4.78 is 8.05. The van der Waals surface area contributed by atoms with Crippen molar-refractivity contribution in [2.45, 2.75) is 64.0 Å². The van der Waals surface area contributed by atoms with Crippen molar-refractivity contribution in [3.63, 3.8) is 0 Å². The minimum atomic E-state index is 0.263. The van der Waals surface area contributed by atoms with E-state index < -0.39 is 0 Å². The Bertz CT molecular complexity index is 574. The third-order valence-corrected chi connectivity index (χ3v) is 6.12. The van der Waals surface area contributed by atoms with Crippen LogP contribution in [0.1, 0.15) is 62.4 Å². The second-order valence-electron chi connectivity index (χ2n) is 8.14. The Hall–Kier alpha value is -1.20. The van der Waals surface area contributed by atoms with Crippen LogP contribution in [-0.4, -0.2) is 46.2 Å². The molecule has 2 fully saturated rings. The fraction of sp³-hybridized carbons (Fsp3) is 0.800. The van der Waals surface area contributed by atoms with Crippen molar-refractivity contribution in [1.29, 1.82) is 0 Å². The number of rotatable bonds is 8. The van der Waals surface area contributed by atoms with E-state index in [1.54, 1.807) is 0 Å². The molecule has 0 saturated heterocycles. The van der Waals surface area contributed by atoms with E-state index in [0.29, 0.717) is 13.2 Å². The van der Waals surface area contributed by atoms with Crippen LogP contribution in [0.3, 0.4) is 0 Å². The molecule has 0 bridgehead atoms. The highest BCUT2D eigenvalue weighted by molar-refractivity contribution is 5.19. The van der Waals surface area contributed by atoms with Crippen LogP contribution in [0, 0.1) is 11.8 Å². The molecule has 5 heteroatoms. The summed E-state index contributed by atoms with van der Waals surface area (Å²) >= 11 is 0. The van der Waals surface area contributed by atoms with E-state index in [-0.39, 0.29) is 6.04 Å². The second kappa shape index (κ2) is 8.00. The van der Waals surface area contributed by atoms with Crippen LogP contribution in [0.4, 0.5) is 0 Å². The minimum absolute atomic E-state index is 0.263. The fourth-order valence-electron chi connectivity index (χ4n) is 4.50. The third-order valence-electron chi connectivity index (χ3n) is 6.12. The predicted octanol–water partition coefficient (Wildman–Crippen LogP) is 3.37. The molecular weight excluding hydrogens is 312 g/mol. The molecule has 2 aliphatic carbocycles. The van der Waals surface area contributed by atoms with Crippen LogP contribution in [0.5, 0.6) is 0 Å². The summed E-state index contributed by atoms with van der Waals surface area (Å²) in [6.45, 7) is 8.45. The Balaban J connectivity index is 1.48. The highest BCUT2D eigenvalue weighted by atomic mass is 16.5. The lowest BCUT2D eigenvalue weighted by Crippen LogP contribution is -2.41. The lowest BCUT2D eigenvalue weighted by molar-refractivity contribution is 0.0510. The van der Waals surface area contributed by atoms with E-state index in [9.17, 15) is 0 Å². The van der Waals surface area contributed by atoms with Crippen LogP contribution in [0.2, 0.25) is 0 Å². The standard InChI is InChI=1S/C20H32N4O/c1-2-12-25-15-19-20-18(24(22-21-20)14-17-8-9-17)10-11-23(19)13-16-6-4-3-5-7-16/h2,16-17,19H,1,3-15H2. The Morgan fingerprint density at radius 1 is 1.08 bits per heavy atom. The van der Waals surface area contributed by atoms with Crippen LogP contribution in [-0.2, 0) is 17.7 Å². The van der Waals surface area contributed by atoms with Gasteiger partial charge in [-0.3, -0.25) is 4.90 Å². The van der Waals surface area contributed by atoms with Crippen molar-refractivity contribution in [1.82, 2.24) is 19.9 Å². The molecule has 1 unspecified atom stereocenters. The van der Waals surface area contributed by atoms with Gasteiger partial charge in [-0.2, -0.15) is 0 Å². The normalized spacial score (nSPS) is 25.0. The summed E-state index contributed by atoms with van der Waals surface area (Å²) in [6.07, 6.45) is 12.6. The van der Waals surface area contributed by atoms with Gasteiger partial charge in [0.15, 0.2) is 0 Å². The zero-order chi connectivity index (χ0) is 17.1. The molecule has 0 spiro atoms. The Labute approximate surface area is 151 Å². The molecule has 4 rings (SSSR count). The highest BCUT2D eigenvalue weighted by Crippen LogP contribution is 2.35. The van der Waals surface area contributed by atoms with Crippen LogP contribution in [0.25, 0.3) is 0 Å². The first-order valence-corrected chi connectivity index (χ1v) is 10.2. The summed E-state index contributed by atoms with van der Waals surface area (Å²) in [5, 5.41) is 9.11. The van der Waals surface area contributed by atoms with Crippen LogP contribution in [0.15, 0.2) is 12.7 Å². The van der Waals surface area contributed by atoms with Gasteiger partial charge in [0.1, 0.15) is 5.69 Å². The first-order valence-electron chi connectivity index (χ1n) is 10.2. The maximum atomic E-state index is 5.86. The quantitative estimate of drug-likeness (QED) is 0.536. The topological polar surface area (TPSA) is 43.2 Å². The average molecular weight is 345 g/mol. The zero-order valence-corrected chi connectivity index (χ0v) is 15.4. The molecule has 5 nitrogen and oxygen atoms in total. The SMILES string of the molecule is C=CCOCC1c2nnn(CC3CC3)c2CCN1CC1CCCCC1. The van der Waals surface area contributed by atoms with Gasteiger partial charge in [0.2, 0.25) is 0 Å². The lowest BCUT2D eigenvalue weighted by Gasteiger charge is -2.37. The molecule has 25 heavy (non-hydrogen) atoms. The van der Waals surface area contributed by atoms with Crippen molar-refractivity contribution < 1.29 is 4.74 Å². The van der Waals surface area contributed by atoms with E-state index in [4.69, 9.17) is 4.74 Å². The van der Waals surface area contributed by atoms with E-state index in [1.165, 1.54) is 62.9 Å². The zero-order valence-electron chi connectivity index (χ0n) is 15.4. The number of nitrogens with zero attached hydrogens (tertiary/aromatic N) is 4. The van der Waals surface area contributed by atoms with Gasteiger partial charge >= 0.3 is 0 Å². The predicted molar refractivity (Wildman–Crippen MR) is 98.4 cm³/mol. The molecule has 3 aliphatic rings. The van der Waals surface area contributed by atoms with Crippen molar-refractivity contribution in [2.75, 3.05) is 26.3 Å². The van der Waals surface area contributed by atoms with Crippen molar-refractivity contribution in [3.8, 4) is 0 Å². The van der Waals surface area contributed by atoms with Gasteiger partial charge in [-0.1, -0.05) is 30.6 Å². The van der Waals surface area contributed by atoms with Crippen LogP contribution < -0.4 is 0 Å². The van der Waals surface area contributed by atoms with E-state index in [2.05, 4.69) is 26.5 Å². The van der Waals surface area contributed by atoms with Crippen molar-refractivity contribution in [3.05, 3.63) is 24.0 Å². The fourth-order valence-corrected chi connectivity index (χ4v) is 4.50. The molecule has 0 N–H and O–H groups in total. The smallest absolute Gasteiger partial charge is 0.105 e. The molecule has 1 aromatic rings. The molecular formula is C20H32N4O. The molecule has 2 heterocycles. The first kappa shape index (κ1) is 17.2. The number of ether oxygens (including phenoxy) is 1. The summed E-state index contributed by atoms with van der Waals surface area (Å²) in [7, 11) is 0. The minimum Gasteiger partial charge on any atom is -0.375 e. The first-order chi connectivity index (χ1) is 12.3. The van der Waals surface area contributed by atoms with E-state index >= 15 is 0 Å². The van der Waals surface area contributed by atoms with Gasteiger partial charge in [0.05, 0.1) is 24.9 Å². The third kappa shape index (κ3) is 4.14. The molecule has 0 aromatic carbocycles. The number of fused-ring (bicyclic) bond motifs is 1. The molecule has 1 atom stereocenters. The molecule has 2 saturated carbocycles. The molecule has 1 aromatic heterocycles. The van der Waals surface area contributed by atoms with Crippen LogP contribution >= 0.6 is 0 Å². The Morgan fingerprint density at radius 2 is 1.88 bits per heavy atom. The maximum absolute atomic E-state index is 5.86. The molecule has 0 radical (unpaired) electrons. The largest absolute Gasteiger partial charge is 0.375 e. The van der Waals surface area contributed by atoms with Gasteiger partial charge in [0, 0.05) is 26.1 Å². The highest BCUT2D eigenvalue weighted by Gasteiger charge is 2.34. The number of hydrogen-bond acceptors (Lipinski definition) is 4. The number of aromatic nitrogens is 3. The van der Waals surface area contributed by atoms with E-state index in [1.807, 2.05) is 6.08 Å².